The van der Waals surface area contributed by atoms with Gasteiger partial charge in [0.25, 0.3) is 0 Å². The number of aromatic hydroxyl groups is 1. The minimum absolute atomic E-state index is 0.0411. The number of carbonyl (C=O) groups is 3. The molecule has 19 heavy (non-hydrogen) atoms. The molecule has 3 amide bonds. The molecule has 102 valence electrons. The van der Waals surface area contributed by atoms with Crippen molar-refractivity contribution in [3.63, 3.8) is 0 Å². The molecule has 0 saturated carbocycles. The number of nitrogens with zero attached hydrogens (tertiary/aromatic N) is 1. The lowest BCUT2D eigenvalue weighted by Crippen LogP contribution is -2.39. The summed E-state index contributed by atoms with van der Waals surface area (Å²) in [5.41, 5.74) is 5.53. The Morgan fingerprint density at radius 1 is 1.42 bits per heavy atom. The fourth-order valence-electron chi connectivity index (χ4n) is 1.36. The van der Waals surface area contributed by atoms with E-state index in [-0.39, 0.29) is 18.0 Å². The van der Waals surface area contributed by atoms with Crippen LogP contribution >= 0.6 is 0 Å². The lowest BCUT2D eigenvalue weighted by molar-refractivity contribution is -0.146. The van der Waals surface area contributed by atoms with Gasteiger partial charge in [0.15, 0.2) is 0 Å². The smallest absolute Gasteiger partial charge is 0.318 e. The maximum Gasteiger partial charge on any atom is 0.318 e. The highest BCUT2D eigenvalue weighted by atomic mass is 16.3. The van der Waals surface area contributed by atoms with Crippen molar-refractivity contribution < 1.29 is 19.5 Å². The number of amides is 3. The number of hydrogen-bond donors (Lipinski definition) is 3. The number of phenolic OH excluding ortho intramolecular Hbond substituents is 1. The maximum absolute atomic E-state index is 11.6. The fraction of sp³-hybridized carbons (Fsp3) is 0.250. The number of nitrogens with one attached hydrogen (secondary N) is 1. The fourth-order valence-corrected chi connectivity index (χ4v) is 1.36. The standard InChI is InChI=1S/C12H15N3O4/c13-5-2-6-15(8-16)12(19)11(18)14-9-3-1-4-10(17)7-9/h1,3-4,7-8,17H,2,5-6,13H2,(H,14,18). The van der Waals surface area contributed by atoms with Crippen LogP contribution in [0.15, 0.2) is 24.3 Å². The van der Waals surface area contributed by atoms with Gasteiger partial charge in [-0.1, -0.05) is 6.07 Å². The molecule has 1 aromatic rings. The summed E-state index contributed by atoms with van der Waals surface area (Å²) in [5, 5.41) is 11.5. The van der Waals surface area contributed by atoms with Gasteiger partial charge in [-0.25, -0.2) is 0 Å². The van der Waals surface area contributed by atoms with Crippen LogP contribution in [0.2, 0.25) is 0 Å². The third-order valence-corrected chi connectivity index (χ3v) is 2.29. The Morgan fingerprint density at radius 3 is 2.74 bits per heavy atom. The van der Waals surface area contributed by atoms with Crippen molar-refractivity contribution >= 4 is 23.9 Å². The zero-order valence-corrected chi connectivity index (χ0v) is 10.2. The topological polar surface area (TPSA) is 113 Å². The second-order valence-corrected chi connectivity index (χ2v) is 3.75. The molecule has 0 bridgehead atoms. The molecule has 0 fully saturated rings. The number of anilines is 1. The van der Waals surface area contributed by atoms with E-state index in [0.29, 0.717) is 19.4 Å². The highest BCUT2D eigenvalue weighted by Gasteiger charge is 2.21. The van der Waals surface area contributed by atoms with Gasteiger partial charge in [0, 0.05) is 18.3 Å². The minimum atomic E-state index is -0.966. The first kappa shape index (κ1) is 14.7. The molecule has 0 aromatic heterocycles. The Bertz CT molecular complexity index is 476. The van der Waals surface area contributed by atoms with Crippen LogP contribution < -0.4 is 11.1 Å². The highest BCUT2D eigenvalue weighted by molar-refractivity contribution is 6.41. The van der Waals surface area contributed by atoms with E-state index in [1.54, 1.807) is 0 Å². The van der Waals surface area contributed by atoms with Gasteiger partial charge in [-0.05, 0) is 25.1 Å². The van der Waals surface area contributed by atoms with E-state index in [4.69, 9.17) is 5.73 Å². The van der Waals surface area contributed by atoms with Crippen molar-refractivity contribution in [3.05, 3.63) is 24.3 Å². The van der Waals surface area contributed by atoms with Gasteiger partial charge in [0.2, 0.25) is 6.41 Å². The molecule has 0 unspecified atom stereocenters. The summed E-state index contributed by atoms with van der Waals surface area (Å²) in [6, 6.07) is 5.74. The maximum atomic E-state index is 11.6. The average Bonchev–Trinajstić information content (AvgIpc) is 2.39. The third-order valence-electron chi connectivity index (χ3n) is 2.29. The molecule has 0 heterocycles. The van der Waals surface area contributed by atoms with E-state index < -0.39 is 11.8 Å². The summed E-state index contributed by atoms with van der Waals surface area (Å²) in [4.78, 5) is 34.7. The van der Waals surface area contributed by atoms with Gasteiger partial charge in [-0.2, -0.15) is 0 Å². The molecule has 0 aliphatic carbocycles. The lowest BCUT2D eigenvalue weighted by atomic mass is 10.3. The number of imide groups is 1. The lowest BCUT2D eigenvalue weighted by Gasteiger charge is -2.14. The van der Waals surface area contributed by atoms with Gasteiger partial charge in [0.05, 0.1) is 0 Å². The summed E-state index contributed by atoms with van der Waals surface area (Å²) in [5.74, 6) is -1.96. The van der Waals surface area contributed by atoms with E-state index in [1.165, 1.54) is 24.3 Å². The number of nitrogens with two attached hydrogens (primary N) is 1. The van der Waals surface area contributed by atoms with Crippen molar-refractivity contribution in [1.82, 2.24) is 4.90 Å². The van der Waals surface area contributed by atoms with E-state index in [2.05, 4.69) is 5.32 Å². The van der Waals surface area contributed by atoms with E-state index in [9.17, 15) is 19.5 Å². The van der Waals surface area contributed by atoms with Crippen LogP contribution in [-0.2, 0) is 14.4 Å². The average molecular weight is 265 g/mol. The Labute approximate surface area is 110 Å². The third kappa shape index (κ3) is 4.40. The van der Waals surface area contributed by atoms with Crippen LogP contribution in [0.4, 0.5) is 5.69 Å². The SMILES string of the molecule is NCCCN(C=O)C(=O)C(=O)Nc1cccc(O)c1. The van der Waals surface area contributed by atoms with Crippen molar-refractivity contribution in [1.29, 1.82) is 0 Å². The van der Waals surface area contributed by atoms with E-state index >= 15 is 0 Å². The molecule has 0 radical (unpaired) electrons. The summed E-state index contributed by atoms with van der Waals surface area (Å²) in [6.45, 7) is 0.401. The molecule has 7 nitrogen and oxygen atoms in total. The Kier molecular flexibility index (Phi) is 5.49. The van der Waals surface area contributed by atoms with Crippen LogP contribution in [0.3, 0.4) is 0 Å². The van der Waals surface area contributed by atoms with Gasteiger partial charge >= 0.3 is 11.8 Å². The van der Waals surface area contributed by atoms with Crippen molar-refractivity contribution in [3.8, 4) is 5.75 Å². The molecule has 1 rings (SSSR count). The monoisotopic (exact) mass is 265 g/mol. The number of benzene rings is 1. The summed E-state index contributed by atoms with van der Waals surface area (Å²) in [6.07, 6.45) is 0.712. The number of carbonyl (C=O) groups excluding carboxylic acids is 3. The second kappa shape index (κ2) is 7.12. The van der Waals surface area contributed by atoms with Crippen LogP contribution in [-0.4, -0.2) is 41.3 Å². The Hall–Kier alpha value is -2.41. The summed E-state index contributed by atoms with van der Waals surface area (Å²) >= 11 is 0. The molecular weight excluding hydrogens is 250 g/mol. The predicted molar refractivity (Wildman–Crippen MR) is 68.2 cm³/mol. The van der Waals surface area contributed by atoms with Crippen LogP contribution in [0.1, 0.15) is 6.42 Å². The zero-order chi connectivity index (χ0) is 14.3. The first-order valence-corrected chi connectivity index (χ1v) is 5.65. The van der Waals surface area contributed by atoms with Crippen LogP contribution in [0, 0.1) is 0 Å². The van der Waals surface area contributed by atoms with E-state index in [0.717, 1.165) is 4.90 Å². The largest absolute Gasteiger partial charge is 0.508 e. The summed E-state index contributed by atoms with van der Waals surface area (Å²) < 4.78 is 0. The molecule has 1 aromatic carbocycles. The molecule has 0 aliphatic rings. The molecule has 0 spiro atoms. The summed E-state index contributed by atoms with van der Waals surface area (Å²) in [7, 11) is 0. The highest BCUT2D eigenvalue weighted by Crippen LogP contribution is 2.15. The first-order chi connectivity index (χ1) is 9.08. The van der Waals surface area contributed by atoms with Gasteiger partial charge < -0.3 is 16.2 Å². The molecule has 0 atom stereocenters. The van der Waals surface area contributed by atoms with Gasteiger partial charge in [-0.15, -0.1) is 0 Å². The van der Waals surface area contributed by atoms with Gasteiger partial charge in [0.1, 0.15) is 5.75 Å². The van der Waals surface area contributed by atoms with Crippen molar-refractivity contribution in [2.24, 2.45) is 5.73 Å². The minimum Gasteiger partial charge on any atom is -0.508 e. The molecule has 0 aliphatic heterocycles. The van der Waals surface area contributed by atoms with Crippen molar-refractivity contribution in [2.45, 2.75) is 6.42 Å². The molecule has 7 heteroatoms. The normalized spacial score (nSPS) is 9.74. The molecular formula is C12H15N3O4. The second-order valence-electron chi connectivity index (χ2n) is 3.75. The van der Waals surface area contributed by atoms with Crippen molar-refractivity contribution in [2.75, 3.05) is 18.4 Å². The van der Waals surface area contributed by atoms with E-state index in [1.807, 2.05) is 0 Å². The first-order valence-electron chi connectivity index (χ1n) is 5.65. The number of phenols is 1. The van der Waals surface area contributed by atoms with Gasteiger partial charge in [-0.3, -0.25) is 19.3 Å². The quantitative estimate of drug-likeness (QED) is 0.498. The van der Waals surface area contributed by atoms with Crippen LogP contribution in [0.25, 0.3) is 0 Å². The molecule has 4 N–H and O–H groups in total. The number of hydrogen-bond acceptors (Lipinski definition) is 5. The molecule has 0 saturated heterocycles. The predicted octanol–water partition coefficient (Wildman–Crippen LogP) is -0.336. The zero-order valence-electron chi connectivity index (χ0n) is 10.2. The Morgan fingerprint density at radius 2 is 2.16 bits per heavy atom. The Balaban J connectivity index is 2.66. The number of rotatable bonds is 5. The van der Waals surface area contributed by atoms with Crippen LogP contribution in [0.5, 0.6) is 5.75 Å².